The number of anilines is 2. The number of hydrogen-bond donors (Lipinski definition) is 1. The number of carbonyl (C=O) groups is 1. The van der Waals surface area contributed by atoms with Crippen LogP contribution in [-0.4, -0.2) is 39.2 Å². The zero-order valence-electron chi connectivity index (χ0n) is 15.6. The SMILES string of the molecule is COc1ccc([N+](=O)[O-])cc1N(CC(=O)Nc1cccc(C(F)(F)F)c1)S(C)(=O)=O. The number of nitro groups is 1. The quantitative estimate of drug-likeness (QED) is 0.515. The number of halogens is 3. The lowest BCUT2D eigenvalue weighted by atomic mass is 10.2. The van der Waals surface area contributed by atoms with Gasteiger partial charge in [0.2, 0.25) is 15.9 Å². The summed E-state index contributed by atoms with van der Waals surface area (Å²) in [6, 6.07) is 6.95. The maximum absolute atomic E-state index is 12.8. The number of nitrogens with one attached hydrogen (secondary N) is 1. The van der Waals surface area contributed by atoms with Crippen LogP contribution in [0.2, 0.25) is 0 Å². The van der Waals surface area contributed by atoms with E-state index in [9.17, 15) is 36.5 Å². The van der Waals surface area contributed by atoms with Crippen LogP contribution >= 0.6 is 0 Å². The molecule has 0 fully saturated rings. The minimum atomic E-state index is -4.63. The molecule has 0 unspecified atom stereocenters. The molecule has 30 heavy (non-hydrogen) atoms. The second kappa shape index (κ2) is 8.57. The largest absolute Gasteiger partial charge is 0.495 e. The van der Waals surface area contributed by atoms with Crippen molar-refractivity contribution < 1.29 is 36.0 Å². The number of rotatable bonds is 7. The maximum atomic E-state index is 12.8. The van der Waals surface area contributed by atoms with Gasteiger partial charge < -0.3 is 10.1 Å². The van der Waals surface area contributed by atoms with Gasteiger partial charge in [0.15, 0.2) is 0 Å². The minimum Gasteiger partial charge on any atom is -0.495 e. The van der Waals surface area contributed by atoms with Crippen LogP contribution in [0.25, 0.3) is 0 Å². The summed E-state index contributed by atoms with van der Waals surface area (Å²) >= 11 is 0. The number of non-ortho nitro benzene ring substituents is 1. The third-order valence-corrected chi connectivity index (χ3v) is 4.93. The molecule has 0 aromatic heterocycles. The van der Waals surface area contributed by atoms with Crippen LogP contribution in [0.1, 0.15) is 5.56 Å². The highest BCUT2D eigenvalue weighted by Gasteiger charge is 2.31. The topological polar surface area (TPSA) is 119 Å². The lowest BCUT2D eigenvalue weighted by molar-refractivity contribution is -0.384. The molecule has 162 valence electrons. The average molecular weight is 447 g/mol. The number of carbonyl (C=O) groups excluding carboxylic acids is 1. The third kappa shape index (κ3) is 5.59. The van der Waals surface area contributed by atoms with Gasteiger partial charge in [0.1, 0.15) is 18.0 Å². The summed E-state index contributed by atoms with van der Waals surface area (Å²) in [5.41, 5.74) is -1.92. The summed E-state index contributed by atoms with van der Waals surface area (Å²) in [6.07, 6.45) is -3.86. The van der Waals surface area contributed by atoms with Gasteiger partial charge in [-0.25, -0.2) is 8.42 Å². The van der Waals surface area contributed by atoms with E-state index >= 15 is 0 Å². The van der Waals surface area contributed by atoms with Gasteiger partial charge >= 0.3 is 6.18 Å². The van der Waals surface area contributed by atoms with Crippen LogP contribution < -0.4 is 14.4 Å². The van der Waals surface area contributed by atoms with Crippen molar-refractivity contribution in [2.24, 2.45) is 0 Å². The van der Waals surface area contributed by atoms with Crippen molar-refractivity contribution in [1.29, 1.82) is 0 Å². The van der Waals surface area contributed by atoms with Gasteiger partial charge in [-0.3, -0.25) is 19.2 Å². The predicted molar refractivity (Wildman–Crippen MR) is 102 cm³/mol. The first-order chi connectivity index (χ1) is 13.8. The van der Waals surface area contributed by atoms with Crippen LogP contribution in [0.15, 0.2) is 42.5 Å². The van der Waals surface area contributed by atoms with E-state index in [1.54, 1.807) is 0 Å². The lowest BCUT2D eigenvalue weighted by Gasteiger charge is -2.23. The lowest BCUT2D eigenvalue weighted by Crippen LogP contribution is -2.37. The zero-order chi connectivity index (χ0) is 22.7. The second-order valence-corrected chi connectivity index (χ2v) is 7.92. The number of benzene rings is 2. The number of ether oxygens (including phenoxy) is 1. The first-order valence-electron chi connectivity index (χ1n) is 8.10. The van der Waals surface area contributed by atoms with Gasteiger partial charge in [0.05, 0.1) is 23.9 Å². The molecule has 0 saturated carbocycles. The molecule has 0 saturated heterocycles. The third-order valence-electron chi connectivity index (χ3n) is 3.80. The van der Waals surface area contributed by atoms with Crippen molar-refractivity contribution in [3.63, 3.8) is 0 Å². The van der Waals surface area contributed by atoms with Crippen LogP contribution in [0.5, 0.6) is 5.75 Å². The molecule has 1 N–H and O–H groups in total. The van der Waals surface area contributed by atoms with E-state index in [1.807, 2.05) is 0 Å². The second-order valence-electron chi connectivity index (χ2n) is 6.01. The molecule has 0 aliphatic carbocycles. The van der Waals surface area contributed by atoms with Gasteiger partial charge in [-0.2, -0.15) is 13.2 Å². The van der Waals surface area contributed by atoms with Crippen molar-refractivity contribution in [2.75, 3.05) is 29.5 Å². The van der Waals surface area contributed by atoms with Crippen LogP contribution in [0, 0.1) is 10.1 Å². The monoisotopic (exact) mass is 447 g/mol. The summed E-state index contributed by atoms with van der Waals surface area (Å²) in [5.74, 6) is -1.02. The number of nitro benzene ring substituents is 1. The summed E-state index contributed by atoms with van der Waals surface area (Å²) in [7, 11) is -2.92. The molecule has 0 atom stereocenters. The number of methoxy groups -OCH3 is 1. The normalized spacial score (nSPS) is 11.6. The van der Waals surface area contributed by atoms with Gasteiger partial charge in [-0.1, -0.05) is 6.07 Å². The van der Waals surface area contributed by atoms with E-state index in [-0.39, 0.29) is 17.1 Å². The fraction of sp³-hybridized carbons (Fsp3) is 0.235. The maximum Gasteiger partial charge on any atom is 0.416 e. The standard InChI is InChI=1S/C17H16F3N3O6S/c1-29-15-7-6-13(23(25)26)9-14(15)22(30(2,27)28)10-16(24)21-12-5-3-4-11(8-12)17(18,19)20/h3-9H,10H2,1-2H3,(H,21,24). The van der Waals surface area contributed by atoms with Crippen molar-refractivity contribution in [3.05, 3.63) is 58.1 Å². The fourth-order valence-electron chi connectivity index (χ4n) is 2.47. The van der Waals surface area contributed by atoms with Crippen molar-refractivity contribution in [3.8, 4) is 5.75 Å². The average Bonchev–Trinajstić information content (AvgIpc) is 2.64. The first-order valence-corrected chi connectivity index (χ1v) is 9.95. The Hall–Kier alpha value is -3.35. The Morgan fingerprint density at radius 3 is 2.43 bits per heavy atom. The summed E-state index contributed by atoms with van der Waals surface area (Å²) < 4.78 is 68.5. The Morgan fingerprint density at radius 2 is 1.90 bits per heavy atom. The highest BCUT2D eigenvalue weighted by Crippen LogP contribution is 2.34. The molecule has 2 aromatic carbocycles. The number of nitrogens with zero attached hydrogens (tertiary/aromatic N) is 2. The van der Waals surface area contributed by atoms with Crippen LogP contribution in [0.4, 0.5) is 30.2 Å². The molecular weight excluding hydrogens is 431 g/mol. The first kappa shape index (κ1) is 22.9. The Morgan fingerprint density at radius 1 is 1.23 bits per heavy atom. The Kier molecular flexibility index (Phi) is 6.55. The Balaban J connectivity index is 2.36. The highest BCUT2D eigenvalue weighted by molar-refractivity contribution is 7.92. The molecular formula is C17H16F3N3O6S. The smallest absolute Gasteiger partial charge is 0.416 e. The summed E-state index contributed by atoms with van der Waals surface area (Å²) in [4.78, 5) is 22.6. The van der Waals surface area contributed by atoms with Crippen molar-refractivity contribution in [1.82, 2.24) is 0 Å². The molecule has 2 aromatic rings. The van der Waals surface area contributed by atoms with E-state index in [1.165, 1.54) is 13.2 Å². The fourth-order valence-corrected chi connectivity index (χ4v) is 3.32. The number of alkyl halides is 3. The Bertz CT molecular complexity index is 1070. The Labute approximate surface area is 169 Å². The van der Waals surface area contributed by atoms with Gasteiger partial charge in [0.25, 0.3) is 5.69 Å². The highest BCUT2D eigenvalue weighted by atomic mass is 32.2. The van der Waals surface area contributed by atoms with Crippen molar-refractivity contribution in [2.45, 2.75) is 6.18 Å². The summed E-state index contributed by atoms with van der Waals surface area (Å²) in [6.45, 7) is -0.855. The molecule has 0 aliphatic rings. The van der Waals surface area contributed by atoms with Crippen molar-refractivity contribution >= 4 is 33.0 Å². The van der Waals surface area contributed by atoms with E-state index in [0.717, 1.165) is 36.6 Å². The molecule has 0 aliphatic heterocycles. The molecule has 0 spiro atoms. The predicted octanol–water partition coefficient (Wildman–Crippen LogP) is 3.03. The number of sulfonamides is 1. The summed E-state index contributed by atoms with van der Waals surface area (Å²) in [5, 5.41) is 13.2. The van der Waals surface area contributed by atoms with Crippen LogP contribution in [0.3, 0.4) is 0 Å². The molecule has 0 radical (unpaired) electrons. The van der Waals surface area contributed by atoms with Crippen LogP contribution in [-0.2, 0) is 21.0 Å². The van der Waals surface area contributed by atoms with E-state index in [2.05, 4.69) is 5.32 Å². The van der Waals surface area contributed by atoms with Gasteiger partial charge in [-0.15, -0.1) is 0 Å². The molecule has 0 heterocycles. The molecule has 0 bridgehead atoms. The zero-order valence-corrected chi connectivity index (χ0v) is 16.5. The molecule has 13 heteroatoms. The van der Waals surface area contributed by atoms with Gasteiger partial charge in [0, 0.05) is 17.8 Å². The molecule has 9 nitrogen and oxygen atoms in total. The van der Waals surface area contributed by atoms with E-state index in [0.29, 0.717) is 10.4 Å². The van der Waals surface area contributed by atoms with E-state index in [4.69, 9.17) is 4.74 Å². The van der Waals surface area contributed by atoms with E-state index < -0.39 is 44.8 Å². The number of hydrogen-bond acceptors (Lipinski definition) is 6. The van der Waals surface area contributed by atoms with Gasteiger partial charge in [-0.05, 0) is 24.3 Å². The minimum absolute atomic E-state index is 0.0575. The molecule has 1 amide bonds. The number of amides is 1. The molecule has 2 rings (SSSR count).